The monoisotopic (exact) mass is 185 g/mol. The van der Waals surface area contributed by atoms with E-state index in [4.69, 9.17) is 0 Å². The van der Waals surface area contributed by atoms with Gasteiger partial charge in [0, 0.05) is 37.5 Å². The van der Waals surface area contributed by atoms with E-state index in [1.807, 2.05) is 11.8 Å². The molecule has 0 bridgehead atoms. The zero-order valence-corrected chi connectivity index (χ0v) is 8.49. The van der Waals surface area contributed by atoms with Crippen LogP contribution < -0.4 is 0 Å². The van der Waals surface area contributed by atoms with E-state index in [0.717, 1.165) is 18.7 Å². The highest BCUT2D eigenvalue weighted by atomic mass is 32.2. The SMILES string of the molecule is CSCCN(C)C1=CC(=O)CC1. The molecule has 0 aliphatic heterocycles. The Bertz CT molecular complexity index is 201. The van der Waals surface area contributed by atoms with Crippen molar-refractivity contribution in [3.8, 4) is 0 Å². The number of allylic oxidation sites excluding steroid dienone is 2. The van der Waals surface area contributed by atoms with E-state index in [-0.39, 0.29) is 5.78 Å². The minimum absolute atomic E-state index is 0.279. The second-order valence-electron chi connectivity index (χ2n) is 3.02. The van der Waals surface area contributed by atoms with Crippen molar-refractivity contribution in [3.05, 3.63) is 11.8 Å². The molecule has 2 nitrogen and oxygen atoms in total. The first kappa shape index (κ1) is 9.65. The predicted octanol–water partition coefficient (Wildman–Crippen LogP) is 1.53. The average molecular weight is 185 g/mol. The molecule has 12 heavy (non-hydrogen) atoms. The molecule has 0 aromatic carbocycles. The summed E-state index contributed by atoms with van der Waals surface area (Å²) in [5.74, 6) is 1.41. The quantitative estimate of drug-likeness (QED) is 0.662. The lowest BCUT2D eigenvalue weighted by molar-refractivity contribution is -0.114. The molecule has 0 radical (unpaired) electrons. The number of ketones is 1. The number of carbonyl (C=O) groups is 1. The molecule has 0 aromatic rings. The van der Waals surface area contributed by atoms with Gasteiger partial charge >= 0.3 is 0 Å². The minimum Gasteiger partial charge on any atom is -0.377 e. The van der Waals surface area contributed by atoms with Crippen LogP contribution in [0.5, 0.6) is 0 Å². The van der Waals surface area contributed by atoms with Gasteiger partial charge in [0.25, 0.3) is 0 Å². The lowest BCUT2D eigenvalue weighted by Crippen LogP contribution is -2.19. The van der Waals surface area contributed by atoms with Crippen LogP contribution in [0.2, 0.25) is 0 Å². The molecule has 0 heterocycles. The summed E-state index contributed by atoms with van der Waals surface area (Å²) in [7, 11) is 2.06. The van der Waals surface area contributed by atoms with Gasteiger partial charge in [-0.15, -0.1) is 0 Å². The van der Waals surface area contributed by atoms with Crippen molar-refractivity contribution >= 4 is 17.5 Å². The average Bonchev–Trinajstić information content (AvgIpc) is 2.47. The van der Waals surface area contributed by atoms with Gasteiger partial charge < -0.3 is 4.90 Å². The molecule has 0 aromatic heterocycles. The van der Waals surface area contributed by atoms with Crippen LogP contribution >= 0.6 is 11.8 Å². The Morgan fingerprint density at radius 1 is 1.58 bits per heavy atom. The molecule has 1 rings (SSSR count). The topological polar surface area (TPSA) is 20.3 Å². The Labute approximate surface area is 78.0 Å². The molecule has 0 saturated heterocycles. The summed E-state index contributed by atoms with van der Waals surface area (Å²) in [5.41, 5.74) is 1.20. The lowest BCUT2D eigenvalue weighted by Gasteiger charge is -2.19. The first-order valence-corrected chi connectivity index (χ1v) is 5.57. The maximum Gasteiger partial charge on any atom is 0.157 e. The largest absolute Gasteiger partial charge is 0.377 e. The predicted molar refractivity (Wildman–Crippen MR) is 53.3 cm³/mol. The van der Waals surface area contributed by atoms with Gasteiger partial charge in [-0.25, -0.2) is 0 Å². The van der Waals surface area contributed by atoms with Crippen molar-refractivity contribution in [2.75, 3.05) is 25.6 Å². The zero-order valence-electron chi connectivity index (χ0n) is 7.67. The molecule has 0 fully saturated rings. The zero-order chi connectivity index (χ0) is 8.97. The van der Waals surface area contributed by atoms with Gasteiger partial charge in [0.15, 0.2) is 5.78 Å². The van der Waals surface area contributed by atoms with Crippen LogP contribution in [0, 0.1) is 0 Å². The smallest absolute Gasteiger partial charge is 0.157 e. The highest BCUT2D eigenvalue weighted by Gasteiger charge is 2.14. The highest BCUT2D eigenvalue weighted by molar-refractivity contribution is 7.98. The molecule has 3 heteroatoms. The first-order valence-electron chi connectivity index (χ1n) is 4.17. The number of nitrogens with zero attached hydrogens (tertiary/aromatic N) is 1. The summed E-state index contributed by atoms with van der Waals surface area (Å²) in [5, 5.41) is 0. The maximum atomic E-state index is 10.9. The van der Waals surface area contributed by atoms with Gasteiger partial charge in [0.05, 0.1) is 0 Å². The summed E-state index contributed by atoms with van der Waals surface area (Å²) < 4.78 is 0. The van der Waals surface area contributed by atoms with E-state index in [1.54, 1.807) is 6.08 Å². The van der Waals surface area contributed by atoms with Crippen LogP contribution in [0.4, 0.5) is 0 Å². The van der Waals surface area contributed by atoms with E-state index in [2.05, 4.69) is 18.2 Å². The molecule has 0 N–H and O–H groups in total. The van der Waals surface area contributed by atoms with Crippen molar-refractivity contribution in [3.63, 3.8) is 0 Å². The third kappa shape index (κ3) is 2.55. The standard InChI is InChI=1S/C9H15NOS/c1-10(5-6-12-2)8-3-4-9(11)7-8/h7H,3-6H2,1-2H3. The van der Waals surface area contributed by atoms with E-state index < -0.39 is 0 Å². The fraction of sp³-hybridized carbons (Fsp3) is 0.667. The van der Waals surface area contributed by atoms with Gasteiger partial charge in [0.2, 0.25) is 0 Å². The van der Waals surface area contributed by atoms with E-state index in [0.29, 0.717) is 6.42 Å². The molecular formula is C9H15NOS. The maximum absolute atomic E-state index is 10.9. The normalized spacial score (nSPS) is 16.5. The molecule has 68 valence electrons. The fourth-order valence-electron chi connectivity index (χ4n) is 1.25. The summed E-state index contributed by atoms with van der Waals surface area (Å²) in [6.45, 7) is 1.04. The summed E-state index contributed by atoms with van der Waals surface area (Å²) in [6.07, 6.45) is 5.52. The van der Waals surface area contributed by atoms with Crippen molar-refractivity contribution in [1.82, 2.24) is 4.90 Å². The number of hydrogen-bond acceptors (Lipinski definition) is 3. The van der Waals surface area contributed by atoms with Crippen LogP contribution in [-0.4, -0.2) is 36.3 Å². The first-order chi connectivity index (χ1) is 5.74. The van der Waals surface area contributed by atoms with E-state index in [9.17, 15) is 4.79 Å². The van der Waals surface area contributed by atoms with Gasteiger partial charge in [-0.3, -0.25) is 4.79 Å². The number of thioether (sulfide) groups is 1. The number of rotatable bonds is 4. The molecule has 0 spiro atoms. The van der Waals surface area contributed by atoms with Crippen LogP contribution in [0.1, 0.15) is 12.8 Å². The lowest BCUT2D eigenvalue weighted by atomic mass is 10.3. The molecule has 0 saturated carbocycles. The minimum atomic E-state index is 0.279. The Kier molecular flexibility index (Phi) is 3.66. The van der Waals surface area contributed by atoms with E-state index >= 15 is 0 Å². The van der Waals surface area contributed by atoms with E-state index in [1.165, 1.54) is 5.70 Å². The summed E-state index contributed by atoms with van der Waals surface area (Å²) in [6, 6.07) is 0. The van der Waals surface area contributed by atoms with Crippen molar-refractivity contribution in [1.29, 1.82) is 0 Å². The second-order valence-corrected chi connectivity index (χ2v) is 4.00. The molecule has 0 unspecified atom stereocenters. The third-order valence-electron chi connectivity index (χ3n) is 2.08. The van der Waals surface area contributed by atoms with Gasteiger partial charge in [-0.2, -0.15) is 11.8 Å². The molecule has 1 aliphatic carbocycles. The third-order valence-corrected chi connectivity index (χ3v) is 2.67. The Hall–Kier alpha value is -0.440. The molecule has 0 atom stereocenters. The number of carbonyl (C=O) groups excluding carboxylic acids is 1. The van der Waals surface area contributed by atoms with Gasteiger partial charge in [-0.1, -0.05) is 0 Å². The van der Waals surface area contributed by atoms with Crippen LogP contribution in [0.3, 0.4) is 0 Å². The fourth-order valence-corrected chi connectivity index (χ4v) is 1.71. The second kappa shape index (κ2) is 4.55. The van der Waals surface area contributed by atoms with Crippen LogP contribution in [-0.2, 0) is 4.79 Å². The summed E-state index contributed by atoms with van der Waals surface area (Å²) >= 11 is 1.84. The summed E-state index contributed by atoms with van der Waals surface area (Å²) in [4.78, 5) is 13.1. The van der Waals surface area contributed by atoms with Crippen LogP contribution in [0.25, 0.3) is 0 Å². The Morgan fingerprint density at radius 3 is 2.83 bits per heavy atom. The van der Waals surface area contributed by atoms with Gasteiger partial charge in [0.1, 0.15) is 0 Å². The van der Waals surface area contributed by atoms with Crippen LogP contribution in [0.15, 0.2) is 11.8 Å². The molecule has 0 amide bonds. The van der Waals surface area contributed by atoms with Crippen molar-refractivity contribution < 1.29 is 4.79 Å². The molecular weight excluding hydrogens is 170 g/mol. The highest BCUT2D eigenvalue weighted by Crippen LogP contribution is 2.17. The van der Waals surface area contributed by atoms with Crippen molar-refractivity contribution in [2.24, 2.45) is 0 Å². The molecule has 1 aliphatic rings. The Morgan fingerprint density at radius 2 is 2.33 bits per heavy atom. The van der Waals surface area contributed by atoms with Gasteiger partial charge in [-0.05, 0) is 12.7 Å². The van der Waals surface area contributed by atoms with Crippen molar-refractivity contribution in [2.45, 2.75) is 12.8 Å². The number of hydrogen-bond donors (Lipinski definition) is 0. The Balaban J connectivity index is 2.37.